The van der Waals surface area contributed by atoms with E-state index < -0.39 is 18.1 Å². The topological polar surface area (TPSA) is 17.1 Å². The number of alkyl halides is 6. The van der Waals surface area contributed by atoms with Crippen molar-refractivity contribution < 1.29 is 31.1 Å². The van der Waals surface area contributed by atoms with Gasteiger partial charge in [-0.15, -0.1) is 0 Å². The number of benzene rings is 2. The molecular formula is C15H10F6O. The van der Waals surface area contributed by atoms with Gasteiger partial charge in [0, 0.05) is 0 Å². The molecule has 0 spiro atoms. The summed E-state index contributed by atoms with van der Waals surface area (Å²) in [5.41, 5.74) is 2.55. The Morgan fingerprint density at radius 2 is 0.864 bits per heavy atom. The first-order valence-corrected chi connectivity index (χ1v) is 5.91. The van der Waals surface area contributed by atoms with E-state index in [1.165, 1.54) is 11.1 Å². The van der Waals surface area contributed by atoms with Crippen LogP contribution in [0.4, 0.5) is 26.3 Å². The monoisotopic (exact) mass is 320 g/mol. The van der Waals surface area contributed by atoms with Crippen LogP contribution in [0, 0.1) is 0 Å². The third-order valence-electron chi connectivity index (χ3n) is 2.40. The molecule has 22 heavy (non-hydrogen) atoms. The quantitative estimate of drug-likeness (QED) is 0.673. The lowest BCUT2D eigenvalue weighted by atomic mass is 10.1. The maximum Gasteiger partial charge on any atom is 0.459 e. The molecule has 0 N–H and O–H groups in total. The molecule has 0 aliphatic carbocycles. The Morgan fingerprint density at radius 1 is 0.591 bits per heavy atom. The van der Waals surface area contributed by atoms with Crippen LogP contribution in [0.15, 0.2) is 60.7 Å². The van der Waals surface area contributed by atoms with Gasteiger partial charge in [0.2, 0.25) is 0 Å². The summed E-state index contributed by atoms with van der Waals surface area (Å²) in [6.45, 7) is 0. The summed E-state index contributed by atoms with van der Waals surface area (Å²) < 4.78 is 65.3. The van der Waals surface area contributed by atoms with Crippen LogP contribution in [0.5, 0.6) is 0 Å². The summed E-state index contributed by atoms with van der Waals surface area (Å²) >= 11 is 0. The van der Waals surface area contributed by atoms with E-state index in [1.807, 2.05) is 12.1 Å². The lowest BCUT2D eigenvalue weighted by Crippen LogP contribution is -2.36. The van der Waals surface area contributed by atoms with Crippen molar-refractivity contribution in [2.75, 3.05) is 0 Å². The molecule has 0 aliphatic rings. The van der Waals surface area contributed by atoms with Crippen LogP contribution in [0.1, 0.15) is 0 Å². The average molecular weight is 320 g/mol. The Balaban J connectivity index is 0.000000225. The van der Waals surface area contributed by atoms with Gasteiger partial charge in [0.25, 0.3) is 0 Å². The molecular weight excluding hydrogens is 310 g/mol. The van der Waals surface area contributed by atoms with Gasteiger partial charge in [-0.05, 0) is 11.1 Å². The fourth-order valence-electron chi connectivity index (χ4n) is 1.42. The normalized spacial score (nSPS) is 11.4. The second-order valence-electron chi connectivity index (χ2n) is 4.06. The molecule has 0 radical (unpaired) electrons. The third kappa shape index (κ3) is 5.59. The lowest BCUT2D eigenvalue weighted by molar-refractivity contribution is -0.217. The summed E-state index contributed by atoms with van der Waals surface area (Å²) in [4.78, 5) is 9.24. The van der Waals surface area contributed by atoms with E-state index >= 15 is 0 Å². The Kier molecular flexibility index (Phi) is 5.73. The average Bonchev–Trinajstić information content (AvgIpc) is 2.47. The minimum absolute atomic E-state index is 1.28. The van der Waals surface area contributed by atoms with E-state index in [0.29, 0.717) is 0 Å². The zero-order valence-electron chi connectivity index (χ0n) is 10.9. The molecule has 1 nitrogen and oxygen atoms in total. The largest absolute Gasteiger partial charge is 0.459 e. The SMILES string of the molecule is O=C(C(F)(F)F)C(F)(F)F.c1ccc(-c2ccccc2)cc1. The van der Waals surface area contributed by atoms with Crippen molar-refractivity contribution in [1.82, 2.24) is 0 Å². The molecule has 2 aromatic carbocycles. The van der Waals surface area contributed by atoms with Gasteiger partial charge in [0.1, 0.15) is 0 Å². The van der Waals surface area contributed by atoms with Gasteiger partial charge in [0.05, 0.1) is 0 Å². The summed E-state index contributed by atoms with van der Waals surface area (Å²) in [6.07, 6.45) is -11.6. The maximum atomic E-state index is 10.9. The Morgan fingerprint density at radius 3 is 1.05 bits per heavy atom. The summed E-state index contributed by atoms with van der Waals surface area (Å²) in [5, 5.41) is 0. The van der Waals surface area contributed by atoms with Crippen molar-refractivity contribution >= 4 is 5.78 Å². The molecule has 2 rings (SSSR count). The van der Waals surface area contributed by atoms with Crippen LogP contribution >= 0.6 is 0 Å². The van der Waals surface area contributed by atoms with Gasteiger partial charge in [-0.3, -0.25) is 4.79 Å². The molecule has 0 amide bonds. The first-order chi connectivity index (χ1) is 10.1. The predicted molar refractivity (Wildman–Crippen MR) is 69.0 cm³/mol. The number of halogens is 6. The highest BCUT2D eigenvalue weighted by Crippen LogP contribution is 2.28. The number of rotatable bonds is 1. The first kappa shape index (κ1) is 17.7. The Labute approximate surface area is 122 Å². The smallest absolute Gasteiger partial charge is 0.279 e. The molecule has 2 aromatic rings. The molecule has 0 atom stereocenters. The minimum atomic E-state index is -5.82. The highest BCUT2D eigenvalue weighted by Gasteiger charge is 2.55. The molecule has 118 valence electrons. The van der Waals surface area contributed by atoms with Crippen molar-refractivity contribution in [2.24, 2.45) is 0 Å². The second-order valence-corrected chi connectivity index (χ2v) is 4.06. The van der Waals surface area contributed by atoms with Crippen LogP contribution in [0.25, 0.3) is 11.1 Å². The standard InChI is InChI=1S/C12H10.C3F6O/c1-3-7-11(8-4-1)12-9-5-2-6-10-12;4-2(5,6)1(10)3(7,8)9/h1-10H;. The fourth-order valence-corrected chi connectivity index (χ4v) is 1.42. The van der Waals surface area contributed by atoms with Gasteiger partial charge < -0.3 is 0 Å². The Bertz CT molecular complexity index is 533. The highest BCUT2D eigenvalue weighted by molar-refractivity contribution is 5.89. The molecule has 0 aromatic heterocycles. The van der Waals surface area contributed by atoms with Crippen LogP contribution in [-0.2, 0) is 4.79 Å². The number of hydrogen-bond donors (Lipinski definition) is 0. The van der Waals surface area contributed by atoms with Crippen molar-refractivity contribution in [3.05, 3.63) is 60.7 Å². The minimum Gasteiger partial charge on any atom is -0.279 e. The Hall–Kier alpha value is -2.31. The summed E-state index contributed by atoms with van der Waals surface area (Å²) in [7, 11) is 0. The number of ketones is 1. The molecule has 0 fully saturated rings. The van der Waals surface area contributed by atoms with E-state index in [2.05, 4.69) is 48.5 Å². The summed E-state index contributed by atoms with van der Waals surface area (Å²) in [5.74, 6) is -3.68. The number of carbonyl (C=O) groups is 1. The molecule has 0 bridgehead atoms. The number of Topliss-reactive ketones (excluding diaryl/α,β-unsaturated/α-hetero) is 1. The van der Waals surface area contributed by atoms with Crippen molar-refractivity contribution in [3.63, 3.8) is 0 Å². The van der Waals surface area contributed by atoms with Crippen molar-refractivity contribution in [2.45, 2.75) is 12.4 Å². The zero-order chi connectivity index (χ0) is 16.8. The van der Waals surface area contributed by atoms with Gasteiger partial charge in [-0.25, -0.2) is 0 Å². The molecule has 0 saturated heterocycles. The van der Waals surface area contributed by atoms with Crippen LogP contribution in [0.3, 0.4) is 0 Å². The number of hydrogen-bond acceptors (Lipinski definition) is 1. The molecule has 0 heterocycles. The first-order valence-electron chi connectivity index (χ1n) is 5.91. The van der Waals surface area contributed by atoms with E-state index in [-0.39, 0.29) is 0 Å². The van der Waals surface area contributed by atoms with E-state index in [9.17, 15) is 31.1 Å². The van der Waals surface area contributed by atoms with Gasteiger partial charge in [-0.2, -0.15) is 26.3 Å². The molecule has 0 unspecified atom stereocenters. The third-order valence-corrected chi connectivity index (χ3v) is 2.40. The molecule has 0 saturated carbocycles. The van der Waals surface area contributed by atoms with Gasteiger partial charge in [0.15, 0.2) is 0 Å². The second kappa shape index (κ2) is 7.11. The van der Waals surface area contributed by atoms with Gasteiger partial charge >= 0.3 is 18.1 Å². The van der Waals surface area contributed by atoms with Gasteiger partial charge in [-0.1, -0.05) is 60.7 Å². The predicted octanol–water partition coefficient (Wildman–Crippen LogP) is 5.03. The van der Waals surface area contributed by atoms with E-state index in [0.717, 1.165) is 0 Å². The summed E-state index contributed by atoms with van der Waals surface area (Å²) in [6, 6.07) is 20.8. The maximum absolute atomic E-state index is 10.9. The lowest BCUT2D eigenvalue weighted by Gasteiger charge is -2.06. The van der Waals surface area contributed by atoms with E-state index in [4.69, 9.17) is 0 Å². The van der Waals surface area contributed by atoms with Crippen LogP contribution < -0.4 is 0 Å². The number of carbonyl (C=O) groups excluding carboxylic acids is 1. The van der Waals surface area contributed by atoms with Crippen LogP contribution in [0.2, 0.25) is 0 Å². The zero-order valence-corrected chi connectivity index (χ0v) is 10.9. The van der Waals surface area contributed by atoms with Crippen molar-refractivity contribution in [1.29, 1.82) is 0 Å². The fraction of sp³-hybridized carbons (Fsp3) is 0.133. The van der Waals surface area contributed by atoms with Crippen LogP contribution in [-0.4, -0.2) is 18.1 Å². The highest BCUT2D eigenvalue weighted by atomic mass is 19.4. The van der Waals surface area contributed by atoms with E-state index in [1.54, 1.807) is 0 Å². The molecule has 0 aliphatic heterocycles. The molecule has 7 heteroatoms. The van der Waals surface area contributed by atoms with Crippen molar-refractivity contribution in [3.8, 4) is 11.1 Å².